The van der Waals surface area contributed by atoms with Crippen LogP contribution < -0.4 is 29.6 Å². The molecule has 1 spiro atoms. The van der Waals surface area contributed by atoms with Gasteiger partial charge in [-0.15, -0.1) is 0 Å². The molecule has 3 saturated heterocycles. The van der Waals surface area contributed by atoms with Crippen molar-refractivity contribution in [1.82, 2.24) is 0 Å². The smallest absolute Gasteiger partial charge is 0.726 e. The molecule has 0 aromatic rings. The Morgan fingerprint density at radius 2 is 1.59 bits per heavy atom. The summed E-state index contributed by atoms with van der Waals surface area (Å²) in [6.07, 6.45) is -8.27. The van der Waals surface area contributed by atoms with E-state index in [2.05, 4.69) is 45.7 Å². The van der Waals surface area contributed by atoms with E-state index in [9.17, 15) is 48.4 Å². The first-order chi connectivity index (χ1) is 26.8. The van der Waals surface area contributed by atoms with E-state index in [1.54, 1.807) is 0 Å². The number of aliphatic hydroxyl groups is 6. The Morgan fingerprint density at radius 1 is 0.915 bits per heavy atom. The van der Waals surface area contributed by atoms with Crippen LogP contribution in [0.15, 0.2) is 11.6 Å². The maximum absolute atomic E-state index is 14.3. The average Bonchev–Trinajstić information content (AvgIpc) is 3.48. The van der Waals surface area contributed by atoms with Crippen molar-refractivity contribution in [3.63, 3.8) is 0 Å². The van der Waals surface area contributed by atoms with Gasteiger partial charge in [0.15, 0.2) is 12.6 Å². The number of carbonyl (C=O) groups is 1. The molecule has 6 N–H and O–H groups in total. The van der Waals surface area contributed by atoms with Gasteiger partial charge in [0.1, 0.15) is 53.2 Å². The van der Waals surface area contributed by atoms with E-state index in [1.807, 2.05) is 13.0 Å². The summed E-state index contributed by atoms with van der Waals surface area (Å²) in [7, 11) is -5.28. The third-order valence-corrected chi connectivity index (χ3v) is 16.8. The molecule has 16 nitrogen and oxygen atoms in total. The van der Waals surface area contributed by atoms with E-state index >= 15 is 0 Å². The maximum Gasteiger partial charge on any atom is 1.00 e. The summed E-state index contributed by atoms with van der Waals surface area (Å²) >= 11 is 0. The molecule has 3 saturated carbocycles. The summed E-state index contributed by atoms with van der Waals surface area (Å²) in [5, 5.41) is 67.8. The van der Waals surface area contributed by atoms with E-state index in [-0.39, 0.29) is 41.4 Å². The first kappa shape index (κ1) is 48.1. The summed E-state index contributed by atoms with van der Waals surface area (Å²) in [5.41, 5.74) is -4.92. The Labute approximate surface area is 369 Å². The van der Waals surface area contributed by atoms with Gasteiger partial charge in [-0.1, -0.05) is 59.6 Å². The quantitative estimate of drug-likeness (QED) is 0.0383. The molecule has 332 valence electrons. The van der Waals surface area contributed by atoms with Crippen LogP contribution in [0.1, 0.15) is 113 Å². The third-order valence-electron chi connectivity index (χ3n) is 16.3. The van der Waals surface area contributed by atoms with Crippen LogP contribution in [0.4, 0.5) is 0 Å². The maximum atomic E-state index is 14.3. The molecule has 18 atom stereocenters. The second-order valence-electron chi connectivity index (χ2n) is 20.2. The van der Waals surface area contributed by atoms with Crippen LogP contribution in [0.5, 0.6) is 0 Å². The fraction of sp³-hybridized carbons (Fsp3) is 0.927. The number of aliphatic hydroxyl groups excluding tert-OH is 5. The van der Waals surface area contributed by atoms with Crippen molar-refractivity contribution >= 4 is 16.4 Å². The first-order valence-corrected chi connectivity index (χ1v) is 22.4. The summed E-state index contributed by atoms with van der Waals surface area (Å²) < 4.78 is 69.5. The van der Waals surface area contributed by atoms with Gasteiger partial charge in [-0.25, -0.2) is 8.42 Å². The molecule has 3 heterocycles. The monoisotopic (exact) mass is 868 g/mol. The Bertz CT molecular complexity index is 1730. The zero-order valence-corrected chi connectivity index (χ0v) is 38.7. The largest absolute Gasteiger partial charge is 1.00 e. The zero-order chi connectivity index (χ0) is 42.8. The molecule has 7 aliphatic rings. The molecule has 0 bridgehead atoms. The minimum Gasteiger partial charge on any atom is -0.726 e. The van der Waals surface area contributed by atoms with Crippen LogP contribution in [0.3, 0.4) is 0 Å². The van der Waals surface area contributed by atoms with Gasteiger partial charge in [0.2, 0.25) is 10.4 Å². The number of allylic oxidation sites excluding steroid dienone is 1. The summed E-state index contributed by atoms with van der Waals surface area (Å²) in [4.78, 5) is 14.3. The number of esters is 1. The van der Waals surface area contributed by atoms with Crippen LogP contribution in [0, 0.1) is 39.4 Å². The predicted molar refractivity (Wildman–Crippen MR) is 202 cm³/mol. The Morgan fingerprint density at radius 3 is 2.24 bits per heavy atom. The Hall–Kier alpha value is -0.320. The second-order valence-corrected chi connectivity index (χ2v) is 21.2. The van der Waals surface area contributed by atoms with Gasteiger partial charge in [-0.2, -0.15) is 0 Å². The van der Waals surface area contributed by atoms with Gasteiger partial charge in [0.05, 0.1) is 24.9 Å². The number of hydrogen-bond acceptors (Lipinski definition) is 16. The predicted octanol–water partition coefficient (Wildman–Crippen LogP) is -1.04. The molecule has 3 aliphatic heterocycles. The van der Waals surface area contributed by atoms with Crippen molar-refractivity contribution in [3.05, 3.63) is 11.6 Å². The summed E-state index contributed by atoms with van der Waals surface area (Å²) in [6.45, 7) is 15.4. The van der Waals surface area contributed by atoms with Gasteiger partial charge in [-0.3, -0.25) is 8.98 Å². The number of fused-ring (bicyclic) bond motifs is 4. The van der Waals surface area contributed by atoms with Crippen molar-refractivity contribution in [2.75, 3.05) is 6.61 Å². The van der Waals surface area contributed by atoms with Gasteiger partial charge in [0.25, 0.3) is 0 Å². The Kier molecular flexibility index (Phi) is 13.3. The third kappa shape index (κ3) is 7.28. The molecule has 0 aromatic heterocycles. The molecule has 0 aromatic carbocycles. The standard InChI is InChI=1S/C41H66O16S.Na/c1-20(2)10-9-14-39(8)40(48)17-16-38(7)22-11-12-25-36(4,5)27(13-15-37(25,6)23(22)18-26(42)41(38,40)35(47)56-39)54-34-32(29(44)24(19-52-34)57-58(49,50)51)55-33-31(46)30(45)28(43)21(3)53-33;/h18,20-22,24-34,42-46,48H,9-17,19H2,1-8H3,(H,49,50,51);/q;+1/p-1/t21?,22-,24-,25?,26+,27+,28-,29?,30?,31?,32?,33+,34+,37-,38+,39+,40+,41?;/m1./s1. The summed E-state index contributed by atoms with van der Waals surface area (Å²) in [5.74, 6) is -0.183. The molecule has 6 fully saturated rings. The molecule has 18 heteroatoms. The molecule has 7 rings (SSSR count). The van der Waals surface area contributed by atoms with E-state index in [0.29, 0.717) is 44.4 Å². The van der Waals surface area contributed by atoms with Crippen molar-refractivity contribution < 1.29 is 106 Å². The summed E-state index contributed by atoms with van der Waals surface area (Å²) in [6, 6.07) is 0. The number of cyclic esters (lactones) is 1. The minimum atomic E-state index is -5.28. The average molecular weight is 869 g/mol. The molecule has 0 amide bonds. The van der Waals surface area contributed by atoms with Gasteiger partial charge >= 0.3 is 35.5 Å². The minimum absolute atomic E-state index is 0. The molecule has 7 unspecified atom stereocenters. The van der Waals surface area contributed by atoms with Crippen molar-refractivity contribution in [2.45, 2.75) is 192 Å². The second kappa shape index (κ2) is 16.3. The molecular weight excluding hydrogens is 803 g/mol. The van der Waals surface area contributed by atoms with Crippen LogP contribution >= 0.6 is 0 Å². The van der Waals surface area contributed by atoms with E-state index < -0.39 is 123 Å². The first-order valence-electron chi connectivity index (χ1n) is 21.1. The van der Waals surface area contributed by atoms with Crippen LogP contribution in [-0.2, 0) is 43.1 Å². The number of hydrogen-bond donors (Lipinski definition) is 6. The van der Waals surface area contributed by atoms with Crippen LogP contribution in [-0.4, -0.2) is 135 Å². The van der Waals surface area contributed by atoms with E-state index in [0.717, 1.165) is 24.8 Å². The number of ether oxygens (including phenoxy) is 5. The fourth-order valence-electron chi connectivity index (χ4n) is 13.2. The van der Waals surface area contributed by atoms with Gasteiger partial charge in [-0.05, 0) is 99.2 Å². The van der Waals surface area contributed by atoms with Crippen LogP contribution in [0.2, 0.25) is 0 Å². The molecule has 59 heavy (non-hydrogen) atoms. The molecule has 4 aliphatic carbocycles. The fourth-order valence-corrected chi connectivity index (χ4v) is 13.6. The number of carbonyl (C=O) groups excluding carboxylic acids is 1. The van der Waals surface area contributed by atoms with Gasteiger partial charge in [0, 0.05) is 0 Å². The van der Waals surface area contributed by atoms with E-state index in [1.165, 1.54) is 6.92 Å². The van der Waals surface area contributed by atoms with Crippen LogP contribution in [0.25, 0.3) is 0 Å². The SMILES string of the molecule is CC(C)CCC[C@]1(C)OC(=O)C23[C@@H](O)C=C4[C@@H](CCC5C(C)(C)[C@@H](O[C@@H]6OC[C@@H](OS(=O)(=O)[O-])C(O)C6O[C@@H]6OC(C)[C@@H](O)C(O)C6O)CC[C@]45C)[C@]2(C)CC[C@@]31O.[Na+]. The van der Waals surface area contributed by atoms with Crippen molar-refractivity contribution in [1.29, 1.82) is 0 Å². The van der Waals surface area contributed by atoms with Gasteiger partial charge < -0.3 is 58.9 Å². The zero-order valence-electron chi connectivity index (χ0n) is 35.9. The van der Waals surface area contributed by atoms with Crippen molar-refractivity contribution in [2.24, 2.45) is 39.4 Å². The molecule has 0 radical (unpaired) electrons. The normalized spacial score (nSPS) is 50.5. The van der Waals surface area contributed by atoms with E-state index in [4.69, 9.17) is 23.7 Å². The topological polar surface area (TPSA) is 251 Å². The Balaban J connectivity index is 0.00000585. The number of rotatable bonds is 10. The van der Waals surface area contributed by atoms with Crippen molar-refractivity contribution in [3.8, 4) is 0 Å². The molecular formula is C41H65NaO16S.